The summed E-state index contributed by atoms with van der Waals surface area (Å²) in [5.41, 5.74) is -2.56. The zero-order chi connectivity index (χ0) is 19.2. The predicted octanol–water partition coefficient (Wildman–Crippen LogP) is 4.28. The van der Waals surface area contributed by atoms with Gasteiger partial charge in [-0.1, -0.05) is 13.0 Å². The van der Waals surface area contributed by atoms with Crippen molar-refractivity contribution in [3.63, 3.8) is 0 Å². The summed E-state index contributed by atoms with van der Waals surface area (Å²) in [6, 6.07) is 0. The monoisotopic (exact) mass is 372 g/mol. The summed E-state index contributed by atoms with van der Waals surface area (Å²) in [6.45, 7) is 4.27. The van der Waals surface area contributed by atoms with Gasteiger partial charge >= 0.3 is 5.97 Å². The molecule has 3 rings (SSSR count). The van der Waals surface area contributed by atoms with Gasteiger partial charge in [0.1, 0.15) is 11.7 Å². The molecule has 140 valence electrons. The normalized spacial score (nSPS) is 22.1. The Kier molecular flexibility index (Phi) is 4.54. The first-order valence-corrected chi connectivity index (χ1v) is 8.16. The molecule has 0 unspecified atom stereocenters. The lowest BCUT2D eigenvalue weighted by atomic mass is 9.89. The van der Waals surface area contributed by atoms with Crippen LogP contribution >= 0.6 is 0 Å². The Hall–Kier alpha value is -2.38. The Morgan fingerprint density at radius 2 is 1.54 bits per heavy atom. The molecule has 1 saturated carbocycles. The van der Waals surface area contributed by atoms with Crippen molar-refractivity contribution < 1.29 is 36.6 Å². The number of esters is 1. The highest BCUT2D eigenvalue weighted by molar-refractivity contribution is 5.95. The second-order valence-corrected chi connectivity index (χ2v) is 6.49. The number of ketones is 1. The van der Waals surface area contributed by atoms with Crippen molar-refractivity contribution in [1.82, 2.24) is 0 Å². The number of hydrogen-bond donors (Lipinski definition) is 0. The van der Waals surface area contributed by atoms with Gasteiger partial charge in [-0.25, -0.2) is 17.6 Å². The minimum atomic E-state index is -1.87. The molecule has 1 aliphatic heterocycles. The van der Waals surface area contributed by atoms with E-state index in [4.69, 9.17) is 9.47 Å². The molecule has 26 heavy (non-hydrogen) atoms. The molecule has 1 aliphatic carbocycles. The molecule has 8 heteroatoms. The zero-order valence-corrected chi connectivity index (χ0v) is 14.0. The van der Waals surface area contributed by atoms with Crippen molar-refractivity contribution in [1.29, 1.82) is 0 Å². The quantitative estimate of drug-likeness (QED) is 0.337. The molecular formula is C18H16F4O4. The fourth-order valence-corrected chi connectivity index (χ4v) is 3.48. The van der Waals surface area contributed by atoms with Crippen molar-refractivity contribution in [2.75, 3.05) is 0 Å². The average molecular weight is 372 g/mol. The van der Waals surface area contributed by atoms with E-state index in [1.165, 1.54) is 0 Å². The standard InChI is InChI=1S/C18H16F4O4/c1-8(23)10-13(19)15(21)12(16(22)14(10)20)11-9(2)25-18(26-17(11)24)6-4-3-5-7-18/h11H,2-7H2,1H3/t11-/m0/s1. The zero-order valence-electron chi connectivity index (χ0n) is 14.0. The van der Waals surface area contributed by atoms with E-state index in [1.54, 1.807) is 0 Å². The molecule has 1 atom stereocenters. The van der Waals surface area contributed by atoms with E-state index in [9.17, 15) is 27.2 Å². The van der Waals surface area contributed by atoms with Crippen LogP contribution in [0.4, 0.5) is 17.6 Å². The van der Waals surface area contributed by atoms with Crippen LogP contribution in [-0.2, 0) is 14.3 Å². The van der Waals surface area contributed by atoms with Gasteiger partial charge in [0.05, 0.1) is 11.1 Å². The second-order valence-electron chi connectivity index (χ2n) is 6.49. The van der Waals surface area contributed by atoms with Gasteiger partial charge in [0.15, 0.2) is 29.1 Å². The van der Waals surface area contributed by atoms with E-state index in [2.05, 4.69) is 6.58 Å². The molecule has 4 nitrogen and oxygen atoms in total. The topological polar surface area (TPSA) is 52.6 Å². The summed E-state index contributed by atoms with van der Waals surface area (Å²) in [5, 5.41) is 0. The van der Waals surface area contributed by atoms with E-state index in [0.29, 0.717) is 12.8 Å². The third-order valence-electron chi connectivity index (χ3n) is 4.71. The summed E-state index contributed by atoms with van der Waals surface area (Å²) >= 11 is 0. The molecule has 0 radical (unpaired) electrons. The van der Waals surface area contributed by atoms with E-state index >= 15 is 0 Å². The maximum absolute atomic E-state index is 14.4. The van der Waals surface area contributed by atoms with Gasteiger partial charge in [-0.05, 0) is 19.8 Å². The molecule has 1 spiro atoms. The average Bonchev–Trinajstić information content (AvgIpc) is 2.56. The van der Waals surface area contributed by atoms with Crippen LogP contribution in [-0.4, -0.2) is 17.5 Å². The molecule has 0 bridgehead atoms. The van der Waals surface area contributed by atoms with E-state index in [1.807, 2.05) is 0 Å². The largest absolute Gasteiger partial charge is 0.456 e. The Balaban J connectivity index is 2.06. The third kappa shape index (κ3) is 2.77. The van der Waals surface area contributed by atoms with Crippen molar-refractivity contribution in [2.24, 2.45) is 0 Å². The Bertz CT molecular complexity index is 763. The second kappa shape index (κ2) is 6.41. The number of halogens is 4. The Morgan fingerprint density at radius 1 is 1.00 bits per heavy atom. The minimum Gasteiger partial charge on any atom is -0.456 e. The molecule has 1 aromatic rings. The molecule has 2 fully saturated rings. The number of hydrogen-bond acceptors (Lipinski definition) is 4. The van der Waals surface area contributed by atoms with Crippen molar-refractivity contribution in [2.45, 2.75) is 50.7 Å². The first kappa shape index (κ1) is 18.4. The Morgan fingerprint density at radius 3 is 2.00 bits per heavy atom. The molecule has 2 aliphatic rings. The van der Waals surface area contributed by atoms with Crippen LogP contribution in [0.5, 0.6) is 0 Å². The van der Waals surface area contributed by atoms with E-state index < -0.39 is 57.9 Å². The molecule has 1 aromatic carbocycles. The SMILES string of the molecule is C=C1OC2(CCCCC2)OC(=O)[C@@H]1c1c(F)c(F)c(C(C)=O)c(F)c1F. The number of carbonyl (C=O) groups is 2. The van der Waals surface area contributed by atoms with Crippen LogP contribution in [0, 0.1) is 23.3 Å². The number of benzene rings is 1. The summed E-state index contributed by atoms with van der Waals surface area (Å²) in [5.74, 6) is -13.2. The minimum absolute atomic E-state index is 0.352. The number of ether oxygens (including phenoxy) is 2. The van der Waals surface area contributed by atoms with Crippen LogP contribution in [0.15, 0.2) is 12.3 Å². The lowest BCUT2D eigenvalue weighted by molar-refractivity contribution is -0.248. The summed E-state index contributed by atoms with van der Waals surface area (Å²) < 4.78 is 67.7. The van der Waals surface area contributed by atoms with E-state index in [0.717, 1.165) is 26.2 Å². The molecule has 1 saturated heterocycles. The van der Waals surface area contributed by atoms with Crippen molar-refractivity contribution >= 4 is 11.8 Å². The third-order valence-corrected chi connectivity index (χ3v) is 4.71. The van der Waals surface area contributed by atoms with Gasteiger partial charge in [-0.3, -0.25) is 9.59 Å². The lowest BCUT2D eigenvalue weighted by Crippen LogP contribution is -2.46. The van der Waals surface area contributed by atoms with Crippen LogP contribution in [0.3, 0.4) is 0 Å². The molecule has 0 N–H and O–H groups in total. The van der Waals surface area contributed by atoms with Gasteiger partial charge < -0.3 is 9.47 Å². The smallest absolute Gasteiger partial charge is 0.324 e. The fraction of sp³-hybridized carbons (Fsp3) is 0.444. The van der Waals surface area contributed by atoms with Gasteiger partial charge in [0.25, 0.3) is 5.79 Å². The van der Waals surface area contributed by atoms with Crippen LogP contribution < -0.4 is 0 Å². The van der Waals surface area contributed by atoms with Gasteiger partial charge in [0, 0.05) is 12.8 Å². The van der Waals surface area contributed by atoms with E-state index in [-0.39, 0.29) is 5.76 Å². The molecule has 0 amide bonds. The highest BCUT2D eigenvalue weighted by Crippen LogP contribution is 2.44. The van der Waals surface area contributed by atoms with Crippen LogP contribution in [0.25, 0.3) is 0 Å². The highest BCUT2D eigenvalue weighted by atomic mass is 19.2. The van der Waals surface area contributed by atoms with Gasteiger partial charge in [-0.2, -0.15) is 0 Å². The number of carbonyl (C=O) groups excluding carboxylic acids is 2. The van der Waals surface area contributed by atoms with Gasteiger partial charge in [-0.15, -0.1) is 0 Å². The molecule has 0 aromatic heterocycles. The fourth-order valence-electron chi connectivity index (χ4n) is 3.48. The first-order chi connectivity index (χ1) is 12.2. The first-order valence-electron chi connectivity index (χ1n) is 8.16. The van der Waals surface area contributed by atoms with Crippen molar-refractivity contribution in [3.05, 3.63) is 46.7 Å². The van der Waals surface area contributed by atoms with Gasteiger partial charge in [0.2, 0.25) is 0 Å². The number of rotatable bonds is 2. The predicted molar refractivity (Wildman–Crippen MR) is 81.2 cm³/mol. The maximum atomic E-state index is 14.4. The highest BCUT2D eigenvalue weighted by Gasteiger charge is 2.49. The Labute approximate surface area is 146 Å². The summed E-state index contributed by atoms with van der Waals surface area (Å²) in [6.07, 6.45) is 3.16. The summed E-state index contributed by atoms with van der Waals surface area (Å²) in [4.78, 5) is 23.7. The molecule has 1 heterocycles. The lowest BCUT2D eigenvalue weighted by Gasteiger charge is -2.42. The van der Waals surface area contributed by atoms with Crippen molar-refractivity contribution in [3.8, 4) is 0 Å². The van der Waals surface area contributed by atoms with Crippen LogP contribution in [0.2, 0.25) is 0 Å². The summed E-state index contributed by atoms with van der Waals surface area (Å²) in [7, 11) is 0. The maximum Gasteiger partial charge on any atom is 0.324 e. The number of Topliss-reactive ketones (excluding diaryl/α,β-unsaturated/α-hetero) is 1. The molecular weight excluding hydrogens is 356 g/mol. The van der Waals surface area contributed by atoms with Crippen LogP contribution in [0.1, 0.15) is 60.9 Å².